The first-order valence-corrected chi connectivity index (χ1v) is 12.6. The Morgan fingerprint density at radius 3 is 2.75 bits per heavy atom. The fourth-order valence-electron chi connectivity index (χ4n) is 4.38. The van der Waals surface area contributed by atoms with Gasteiger partial charge in [-0.15, -0.1) is 0 Å². The Kier molecular flexibility index (Phi) is 7.99. The Labute approximate surface area is 189 Å². The minimum absolute atomic E-state index is 0.0575. The normalized spacial score (nSPS) is 27.8. The molecule has 2 aliphatic rings. The molecule has 8 heteroatoms. The SMILES string of the molecule is C=C(C)[C@@H]1CCC(C)=C[C@H]1c1c(O)cc(CCCCC)cc1OC(=O)C1COP(=O)([O-])O1. The smallest absolute Gasteiger partial charge is 0.343 e. The van der Waals surface area contributed by atoms with E-state index in [0.717, 1.165) is 49.7 Å². The second kappa shape index (κ2) is 10.3. The number of allylic oxidation sites excluding steroid dienone is 3. The first kappa shape index (κ1) is 24.7. The van der Waals surface area contributed by atoms with Gasteiger partial charge in [0.2, 0.25) is 0 Å². The molecule has 0 aromatic heterocycles. The topological polar surface area (TPSA) is 105 Å². The fourth-order valence-corrected chi connectivity index (χ4v) is 5.21. The number of phenolic OH excluding ortho intramolecular Hbond substituents is 1. The average Bonchev–Trinajstić information content (AvgIpc) is 3.07. The molecule has 2 unspecified atom stereocenters. The quantitative estimate of drug-likeness (QED) is 0.192. The molecule has 4 atom stereocenters. The summed E-state index contributed by atoms with van der Waals surface area (Å²) in [6.07, 6.45) is 6.33. The number of aryl methyl sites for hydroxylation is 1. The van der Waals surface area contributed by atoms with Crippen LogP contribution >= 0.6 is 7.82 Å². The summed E-state index contributed by atoms with van der Waals surface area (Å²) in [6, 6.07) is 3.50. The Hall–Kier alpha value is -1.92. The van der Waals surface area contributed by atoms with Gasteiger partial charge in [0, 0.05) is 11.5 Å². The summed E-state index contributed by atoms with van der Waals surface area (Å²) in [5.41, 5.74) is 3.54. The third-order valence-corrected chi connectivity index (χ3v) is 7.05. The maximum atomic E-state index is 12.7. The number of hydrogen-bond acceptors (Lipinski definition) is 7. The van der Waals surface area contributed by atoms with Gasteiger partial charge >= 0.3 is 5.97 Å². The van der Waals surface area contributed by atoms with Crippen LogP contribution in [0.15, 0.2) is 35.9 Å². The molecule has 1 saturated heterocycles. The van der Waals surface area contributed by atoms with E-state index >= 15 is 0 Å². The number of phenols is 1. The van der Waals surface area contributed by atoms with Crippen molar-refractivity contribution in [2.75, 3.05) is 6.61 Å². The van der Waals surface area contributed by atoms with Crippen LogP contribution < -0.4 is 9.63 Å². The van der Waals surface area contributed by atoms with Crippen molar-refractivity contribution in [2.45, 2.75) is 71.3 Å². The number of benzene rings is 1. The van der Waals surface area contributed by atoms with Crippen molar-refractivity contribution in [3.63, 3.8) is 0 Å². The van der Waals surface area contributed by atoms with Gasteiger partial charge in [0.05, 0.1) is 6.61 Å². The Morgan fingerprint density at radius 1 is 1.38 bits per heavy atom. The number of aromatic hydroxyl groups is 1. The molecule has 0 bridgehead atoms. The van der Waals surface area contributed by atoms with Gasteiger partial charge in [0.1, 0.15) is 11.5 Å². The molecule has 1 aliphatic carbocycles. The molecule has 0 amide bonds. The molecule has 1 aromatic carbocycles. The molecule has 32 heavy (non-hydrogen) atoms. The van der Waals surface area contributed by atoms with Crippen LogP contribution in [0.5, 0.6) is 11.5 Å². The molecule has 176 valence electrons. The minimum Gasteiger partial charge on any atom is -0.756 e. The van der Waals surface area contributed by atoms with E-state index in [1.54, 1.807) is 12.1 Å². The van der Waals surface area contributed by atoms with Gasteiger partial charge in [-0.25, -0.2) is 4.79 Å². The predicted octanol–water partition coefficient (Wildman–Crippen LogP) is 4.93. The summed E-state index contributed by atoms with van der Waals surface area (Å²) in [6.45, 7) is 9.82. The number of esters is 1. The van der Waals surface area contributed by atoms with Gasteiger partial charge < -0.3 is 23.8 Å². The zero-order chi connectivity index (χ0) is 23.5. The number of phosphoric acid groups is 1. The summed E-state index contributed by atoms with van der Waals surface area (Å²) in [4.78, 5) is 24.1. The Balaban J connectivity index is 1.99. The van der Waals surface area contributed by atoms with E-state index < -0.39 is 26.5 Å². The predicted molar refractivity (Wildman–Crippen MR) is 119 cm³/mol. The van der Waals surface area contributed by atoms with Gasteiger partial charge in [0.25, 0.3) is 7.82 Å². The van der Waals surface area contributed by atoms with E-state index in [-0.39, 0.29) is 23.3 Å². The molecular weight excluding hydrogens is 431 g/mol. The number of hydrogen-bond donors (Lipinski definition) is 1. The van der Waals surface area contributed by atoms with Gasteiger partial charge in [-0.1, -0.05) is 43.6 Å². The molecular formula is C24H32O7P-. The first-order valence-electron chi connectivity index (χ1n) is 11.2. The van der Waals surface area contributed by atoms with E-state index in [4.69, 9.17) is 9.26 Å². The van der Waals surface area contributed by atoms with Crippen molar-refractivity contribution in [2.24, 2.45) is 5.92 Å². The summed E-state index contributed by atoms with van der Waals surface area (Å²) in [5.74, 6) is -0.712. The number of carbonyl (C=O) groups excluding carboxylic acids is 1. The van der Waals surface area contributed by atoms with Crippen LogP contribution in [-0.2, 0) is 24.8 Å². The third kappa shape index (κ3) is 5.90. The van der Waals surface area contributed by atoms with Crippen LogP contribution in [0.2, 0.25) is 0 Å². The number of phosphoric ester groups is 1. The number of unbranched alkanes of at least 4 members (excludes halogenated alkanes) is 2. The van der Waals surface area contributed by atoms with Gasteiger partial charge in [-0.3, -0.25) is 4.57 Å². The van der Waals surface area contributed by atoms with Crippen LogP contribution in [0, 0.1) is 5.92 Å². The third-order valence-electron chi connectivity index (χ3n) is 6.08. The standard InChI is InChI=1S/C24H33O7P/c1-5-6-7-8-17-12-20(25)23(19-11-16(4)9-10-18(19)15(2)3)21(13-17)30-24(26)22-14-29-32(27,28)31-22/h11-13,18-19,22,25H,2,5-10,14H2,1,3-4H3,(H,27,28)/p-1/t18-,19+,22?/m0/s1. The second-order valence-electron chi connectivity index (χ2n) is 8.77. The van der Waals surface area contributed by atoms with Gasteiger partial charge in [-0.05, 0) is 63.1 Å². The van der Waals surface area contributed by atoms with E-state index in [0.29, 0.717) is 5.56 Å². The average molecular weight is 463 g/mol. The molecule has 1 aromatic rings. The Morgan fingerprint density at radius 2 is 2.12 bits per heavy atom. The molecule has 1 aliphatic heterocycles. The number of rotatable bonds is 8. The van der Waals surface area contributed by atoms with Crippen molar-refractivity contribution in [1.82, 2.24) is 0 Å². The molecule has 7 nitrogen and oxygen atoms in total. The molecule has 0 spiro atoms. The molecule has 0 saturated carbocycles. The maximum absolute atomic E-state index is 12.7. The fraction of sp³-hybridized carbons (Fsp3) is 0.542. The van der Waals surface area contributed by atoms with E-state index in [1.807, 2.05) is 13.8 Å². The highest BCUT2D eigenvalue weighted by atomic mass is 31.2. The van der Waals surface area contributed by atoms with Crippen LogP contribution in [0.25, 0.3) is 0 Å². The van der Waals surface area contributed by atoms with Crippen LogP contribution in [0.3, 0.4) is 0 Å². The van der Waals surface area contributed by atoms with Crippen molar-refractivity contribution in [3.05, 3.63) is 47.1 Å². The van der Waals surface area contributed by atoms with Crippen molar-refractivity contribution in [3.8, 4) is 11.5 Å². The second-order valence-corrected chi connectivity index (χ2v) is 10.1. The number of ether oxygens (including phenoxy) is 1. The van der Waals surface area contributed by atoms with E-state index in [1.165, 1.54) is 5.57 Å². The first-order chi connectivity index (χ1) is 15.1. The lowest BCUT2D eigenvalue weighted by Crippen LogP contribution is -2.28. The van der Waals surface area contributed by atoms with Crippen LogP contribution in [0.1, 0.15) is 69.9 Å². The molecule has 1 N–H and O–H groups in total. The highest BCUT2D eigenvalue weighted by molar-refractivity contribution is 7.46. The van der Waals surface area contributed by atoms with Gasteiger partial charge in [0.15, 0.2) is 6.10 Å². The van der Waals surface area contributed by atoms with Crippen LogP contribution in [0.4, 0.5) is 0 Å². The lowest BCUT2D eigenvalue weighted by molar-refractivity contribution is -0.215. The molecule has 1 fully saturated rings. The molecule has 3 rings (SSSR count). The zero-order valence-electron chi connectivity index (χ0n) is 19.0. The summed E-state index contributed by atoms with van der Waals surface area (Å²) in [7, 11) is -4.49. The largest absolute Gasteiger partial charge is 0.756 e. The summed E-state index contributed by atoms with van der Waals surface area (Å²) < 4.78 is 26.3. The summed E-state index contributed by atoms with van der Waals surface area (Å²) >= 11 is 0. The van der Waals surface area contributed by atoms with Crippen molar-refractivity contribution in [1.29, 1.82) is 0 Å². The zero-order valence-corrected chi connectivity index (χ0v) is 19.9. The number of carbonyl (C=O) groups is 1. The highest BCUT2D eigenvalue weighted by Crippen LogP contribution is 2.48. The minimum atomic E-state index is -4.49. The maximum Gasteiger partial charge on any atom is 0.343 e. The molecule has 1 heterocycles. The lowest BCUT2D eigenvalue weighted by Gasteiger charge is -2.32. The van der Waals surface area contributed by atoms with E-state index in [2.05, 4.69) is 24.1 Å². The monoisotopic (exact) mass is 463 g/mol. The van der Waals surface area contributed by atoms with Crippen LogP contribution in [-0.4, -0.2) is 23.8 Å². The van der Waals surface area contributed by atoms with E-state index in [9.17, 15) is 19.4 Å². The summed E-state index contributed by atoms with van der Waals surface area (Å²) in [5, 5.41) is 11.0. The van der Waals surface area contributed by atoms with Crippen molar-refractivity contribution < 1.29 is 33.1 Å². The highest BCUT2D eigenvalue weighted by Gasteiger charge is 2.36. The lowest BCUT2D eigenvalue weighted by atomic mass is 9.73. The molecule has 0 radical (unpaired) electrons. The van der Waals surface area contributed by atoms with Crippen molar-refractivity contribution >= 4 is 13.8 Å². The van der Waals surface area contributed by atoms with Gasteiger partial charge in [-0.2, -0.15) is 0 Å². The Bertz CT molecular complexity index is 952.